The molecule has 108 valence electrons. The normalized spacial score (nSPS) is 29.2. The Labute approximate surface area is 123 Å². The Morgan fingerprint density at radius 1 is 1.45 bits per heavy atom. The van der Waals surface area contributed by atoms with Crippen LogP contribution in [0.3, 0.4) is 0 Å². The molecule has 6 heteroatoms. The first-order valence-electron chi connectivity index (χ1n) is 6.48. The maximum Gasteiger partial charge on any atom is 0.316 e. The maximum absolute atomic E-state index is 12.2. The highest BCUT2D eigenvalue weighted by Crippen LogP contribution is 2.33. The van der Waals surface area contributed by atoms with Crippen LogP contribution in [0.15, 0.2) is 30.3 Å². The number of nitrogens with one attached hydrogen (secondary N) is 2. The molecular weight excluding hydrogens is 276 g/mol. The molecule has 5 nitrogen and oxygen atoms in total. The van der Waals surface area contributed by atoms with Crippen molar-refractivity contribution >= 4 is 23.3 Å². The van der Waals surface area contributed by atoms with Gasteiger partial charge in [-0.1, -0.05) is 30.3 Å². The fourth-order valence-electron chi connectivity index (χ4n) is 2.43. The van der Waals surface area contributed by atoms with Crippen LogP contribution < -0.4 is 10.6 Å². The predicted octanol–water partition coefficient (Wildman–Crippen LogP) is 1.09. The van der Waals surface area contributed by atoms with Crippen LogP contribution in [0.2, 0.25) is 0 Å². The van der Waals surface area contributed by atoms with E-state index in [1.807, 2.05) is 30.3 Å². The minimum atomic E-state index is -1.46. The van der Waals surface area contributed by atoms with Crippen molar-refractivity contribution in [2.45, 2.75) is 25.6 Å². The summed E-state index contributed by atoms with van der Waals surface area (Å²) < 4.78 is 5.08. The first kappa shape index (κ1) is 14.7. The topological polar surface area (TPSA) is 70.6 Å². The second kappa shape index (κ2) is 5.76. The summed E-state index contributed by atoms with van der Waals surface area (Å²) in [5, 5.41) is 16.6. The van der Waals surface area contributed by atoms with Crippen molar-refractivity contribution < 1.29 is 14.6 Å². The zero-order valence-corrected chi connectivity index (χ0v) is 12.2. The second-order valence-corrected chi connectivity index (χ2v) is 5.27. The van der Waals surface area contributed by atoms with E-state index in [1.54, 1.807) is 6.92 Å². The Bertz CT molecular complexity index is 504. The van der Waals surface area contributed by atoms with E-state index in [1.165, 1.54) is 6.92 Å². The van der Waals surface area contributed by atoms with Crippen molar-refractivity contribution in [2.75, 3.05) is 6.61 Å². The molecule has 1 saturated heterocycles. The van der Waals surface area contributed by atoms with Gasteiger partial charge >= 0.3 is 5.97 Å². The molecule has 3 atom stereocenters. The molecule has 0 aromatic heterocycles. The fourth-order valence-corrected chi connectivity index (χ4v) is 2.76. The molecule has 1 aliphatic heterocycles. The average molecular weight is 294 g/mol. The molecule has 2 rings (SSSR count). The van der Waals surface area contributed by atoms with E-state index in [4.69, 9.17) is 17.0 Å². The second-order valence-electron chi connectivity index (χ2n) is 4.86. The Morgan fingerprint density at radius 2 is 2.10 bits per heavy atom. The summed E-state index contributed by atoms with van der Waals surface area (Å²) in [6.45, 7) is 3.52. The Balaban J connectivity index is 2.39. The van der Waals surface area contributed by atoms with Crippen molar-refractivity contribution in [1.29, 1.82) is 0 Å². The quantitative estimate of drug-likeness (QED) is 0.573. The van der Waals surface area contributed by atoms with Crippen LogP contribution in [0.5, 0.6) is 0 Å². The molecular formula is C14H18N2O3S. The van der Waals surface area contributed by atoms with Crippen LogP contribution >= 0.6 is 12.2 Å². The van der Waals surface area contributed by atoms with Crippen LogP contribution in [0, 0.1) is 5.92 Å². The lowest BCUT2D eigenvalue weighted by Crippen LogP contribution is -2.65. The number of ether oxygens (including phenoxy) is 1. The number of aliphatic hydroxyl groups is 1. The lowest BCUT2D eigenvalue weighted by Gasteiger charge is -2.43. The molecule has 3 N–H and O–H groups in total. The van der Waals surface area contributed by atoms with Crippen molar-refractivity contribution in [2.24, 2.45) is 5.92 Å². The van der Waals surface area contributed by atoms with Gasteiger partial charge in [-0.3, -0.25) is 4.79 Å². The molecule has 0 aliphatic carbocycles. The van der Waals surface area contributed by atoms with Gasteiger partial charge in [-0.05, 0) is 31.6 Å². The third kappa shape index (κ3) is 2.91. The highest BCUT2D eigenvalue weighted by atomic mass is 32.1. The maximum atomic E-state index is 12.2. The SMILES string of the molecule is CCOC(=O)[C@@H]1[C@H](c2ccccc2)NC(=S)N[C@]1(C)O. The number of benzene rings is 1. The summed E-state index contributed by atoms with van der Waals surface area (Å²) in [6, 6.07) is 8.97. The third-order valence-corrected chi connectivity index (χ3v) is 3.51. The zero-order valence-electron chi connectivity index (χ0n) is 11.4. The number of carbonyl (C=O) groups is 1. The monoisotopic (exact) mass is 294 g/mol. The van der Waals surface area contributed by atoms with Gasteiger partial charge in [0.1, 0.15) is 11.6 Å². The number of carbonyl (C=O) groups excluding carboxylic acids is 1. The number of rotatable bonds is 3. The minimum absolute atomic E-state index is 0.261. The summed E-state index contributed by atoms with van der Waals surface area (Å²) in [7, 11) is 0. The zero-order chi connectivity index (χ0) is 14.8. The number of thiocarbonyl (C=S) groups is 1. The van der Waals surface area contributed by atoms with Crippen LogP contribution in [0.4, 0.5) is 0 Å². The summed E-state index contributed by atoms with van der Waals surface area (Å²) in [5.74, 6) is -1.26. The molecule has 0 saturated carbocycles. The van der Waals surface area contributed by atoms with Crippen LogP contribution in [0.25, 0.3) is 0 Å². The minimum Gasteiger partial charge on any atom is -0.466 e. The van der Waals surface area contributed by atoms with E-state index < -0.39 is 23.7 Å². The Morgan fingerprint density at radius 3 is 2.70 bits per heavy atom. The summed E-state index contributed by atoms with van der Waals surface area (Å²) in [4.78, 5) is 12.2. The molecule has 1 aromatic carbocycles. The molecule has 0 bridgehead atoms. The van der Waals surface area contributed by atoms with Crippen LogP contribution in [-0.2, 0) is 9.53 Å². The van der Waals surface area contributed by atoms with Crippen molar-refractivity contribution in [1.82, 2.24) is 10.6 Å². The number of hydrogen-bond donors (Lipinski definition) is 3. The highest BCUT2D eigenvalue weighted by Gasteiger charge is 2.48. The molecule has 0 amide bonds. The number of hydrogen-bond acceptors (Lipinski definition) is 4. The fraction of sp³-hybridized carbons (Fsp3) is 0.429. The molecule has 1 aromatic rings. The third-order valence-electron chi connectivity index (χ3n) is 3.29. The summed E-state index contributed by atoms with van der Waals surface area (Å²) in [6.07, 6.45) is 0. The average Bonchev–Trinajstić information content (AvgIpc) is 2.37. The van der Waals surface area contributed by atoms with E-state index >= 15 is 0 Å². The van der Waals surface area contributed by atoms with Crippen LogP contribution in [0.1, 0.15) is 25.5 Å². The number of esters is 1. The van der Waals surface area contributed by atoms with E-state index in [2.05, 4.69) is 10.6 Å². The molecule has 1 heterocycles. The van der Waals surface area contributed by atoms with Crippen LogP contribution in [-0.4, -0.2) is 28.5 Å². The van der Waals surface area contributed by atoms with Crippen molar-refractivity contribution in [3.8, 4) is 0 Å². The van der Waals surface area contributed by atoms with Crippen molar-refractivity contribution in [3.63, 3.8) is 0 Å². The molecule has 0 unspecified atom stereocenters. The largest absolute Gasteiger partial charge is 0.466 e. The molecule has 0 spiro atoms. The van der Waals surface area contributed by atoms with Gasteiger partial charge < -0.3 is 20.5 Å². The van der Waals surface area contributed by atoms with Gasteiger partial charge in [-0.25, -0.2) is 0 Å². The Kier molecular flexibility index (Phi) is 4.25. The standard InChI is InChI=1S/C14H18N2O3S/c1-3-19-12(17)10-11(9-7-5-4-6-8-9)15-13(20)16-14(10,2)18/h4-8,10-11,18H,3H2,1-2H3,(H2,15,16,20)/t10-,11-,14+/m0/s1. The summed E-state index contributed by atoms with van der Waals surface area (Å²) >= 11 is 5.10. The molecule has 1 fully saturated rings. The molecule has 0 radical (unpaired) electrons. The van der Waals surface area contributed by atoms with Gasteiger partial charge in [0.05, 0.1) is 12.6 Å². The lowest BCUT2D eigenvalue weighted by atomic mass is 9.83. The lowest BCUT2D eigenvalue weighted by molar-refractivity contribution is -0.162. The van der Waals surface area contributed by atoms with Gasteiger partial charge in [0.2, 0.25) is 0 Å². The first-order valence-corrected chi connectivity index (χ1v) is 6.89. The Hall–Kier alpha value is -1.66. The van der Waals surface area contributed by atoms with Gasteiger partial charge in [0.25, 0.3) is 0 Å². The van der Waals surface area contributed by atoms with E-state index in [0.29, 0.717) is 5.11 Å². The predicted molar refractivity (Wildman–Crippen MR) is 78.8 cm³/mol. The van der Waals surface area contributed by atoms with E-state index in [-0.39, 0.29) is 6.61 Å². The van der Waals surface area contributed by atoms with Gasteiger partial charge in [0.15, 0.2) is 5.11 Å². The highest BCUT2D eigenvalue weighted by molar-refractivity contribution is 7.80. The molecule has 1 aliphatic rings. The summed E-state index contributed by atoms with van der Waals surface area (Å²) in [5.41, 5.74) is -0.593. The van der Waals surface area contributed by atoms with Gasteiger partial charge in [-0.15, -0.1) is 0 Å². The van der Waals surface area contributed by atoms with Crippen molar-refractivity contribution in [3.05, 3.63) is 35.9 Å². The first-order chi connectivity index (χ1) is 9.45. The van der Waals surface area contributed by atoms with E-state index in [9.17, 15) is 9.90 Å². The van der Waals surface area contributed by atoms with Gasteiger partial charge in [-0.2, -0.15) is 0 Å². The smallest absolute Gasteiger partial charge is 0.316 e. The molecule has 20 heavy (non-hydrogen) atoms. The van der Waals surface area contributed by atoms with E-state index in [0.717, 1.165) is 5.56 Å². The van der Waals surface area contributed by atoms with Gasteiger partial charge in [0, 0.05) is 0 Å².